The lowest BCUT2D eigenvalue weighted by molar-refractivity contribution is 0.0690. The van der Waals surface area contributed by atoms with Crippen LogP contribution in [-0.4, -0.2) is 27.1 Å². The molecule has 1 aromatic rings. The van der Waals surface area contributed by atoms with Crippen molar-refractivity contribution >= 4 is 24.0 Å². The first kappa shape index (κ1) is 9.14. The monoisotopic (exact) mass is 211 g/mol. The van der Waals surface area contributed by atoms with Gasteiger partial charge in [-0.15, -0.1) is 0 Å². The van der Waals surface area contributed by atoms with E-state index in [1.165, 1.54) is 6.07 Å². The molecule has 6 heteroatoms. The maximum atomic E-state index is 10.7. The molecule has 1 fully saturated rings. The molecule has 1 aliphatic carbocycles. The van der Waals surface area contributed by atoms with Gasteiger partial charge in [0.2, 0.25) is 0 Å². The van der Waals surface area contributed by atoms with E-state index < -0.39 is 5.97 Å². The van der Waals surface area contributed by atoms with Gasteiger partial charge in [0.1, 0.15) is 11.5 Å². The van der Waals surface area contributed by atoms with E-state index in [2.05, 4.69) is 15.3 Å². The second kappa shape index (κ2) is 3.38. The molecule has 14 heavy (non-hydrogen) atoms. The number of carbonyl (C=O) groups is 1. The summed E-state index contributed by atoms with van der Waals surface area (Å²) in [6.07, 6.45) is 2.21. The number of nitrogens with zero attached hydrogens (tertiary/aromatic N) is 1. The van der Waals surface area contributed by atoms with Crippen molar-refractivity contribution in [3.63, 3.8) is 0 Å². The zero-order valence-electron chi connectivity index (χ0n) is 7.28. The standard InChI is InChI=1S/C8H9N3O2S/c12-7(13)5-3-6(9-4-1-2-4)11-8(14)10-5/h3-4H,1-2H2,(H,12,13)(H2,9,10,11,14). The number of hydrogen-bond donors (Lipinski definition) is 3. The summed E-state index contributed by atoms with van der Waals surface area (Å²) >= 11 is 4.81. The first-order valence-electron chi connectivity index (χ1n) is 4.26. The van der Waals surface area contributed by atoms with Crippen LogP contribution in [0.5, 0.6) is 0 Å². The Hall–Kier alpha value is -1.43. The smallest absolute Gasteiger partial charge is 0.352 e. The summed E-state index contributed by atoms with van der Waals surface area (Å²) in [4.78, 5) is 17.2. The fraction of sp³-hybridized carbons (Fsp3) is 0.375. The first-order chi connectivity index (χ1) is 6.65. The van der Waals surface area contributed by atoms with Crippen molar-refractivity contribution in [3.8, 4) is 0 Å². The van der Waals surface area contributed by atoms with Crippen molar-refractivity contribution in [2.75, 3.05) is 5.32 Å². The number of aromatic carboxylic acids is 1. The van der Waals surface area contributed by atoms with Crippen LogP contribution in [0.2, 0.25) is 0 Å². The Labute approximate surface area is 85.2 Å². The zero-order chi connectivity index (χ0) is 10.1. The topological polar surface area (TPSA) is 78.0 Å². The van der Waals surface area contributed by atoms with E-state index in [-0.39, 0.29) is 10.5 Å². The second-order valence-corrected chi connectivity index (χ2v) is 3.60. The lowest BCUT2D eigenvalue weighted by Gasteiger charge is -2.03. The van der Waals surface area contributed by atoms with Gasteiger partial charge >= 0.3 is 5.97 Å². The van der Waals surface area contributed by atoms with E-state index in [4.69, 9.17) is 17.3 Å². The number of H-pyrrole nitrogens is 1. The highest BCUT2D eigenvalue weighted by atomic mass is 32.1. The Morgan fingerprint density at radius 3 is 3.00 bits per heavy atom. The van der Waals surface area contributed by atoms with Gasteiger partial charge in [-0.25, -0.2) is 9.78 Å². The molecule has 0 bridgehead atoms. The third kappa shape index (κ3) is 2.08. The van der Waals surface area contributed by atoms with Gasteiger partial charge in [-0.05, 0) is 25.1 Å². The van der Waals surface area contributed by atoms with Crippen LogP contribution >= 0.6 is 12.2 Å². The molecular formula is C8H9N3O2S. The largest absolute Gasteiger partial charge is 0.477 e. The number of rotatable bonds is 3. The highest BCUT2D eigenvalue weighted by Crippen LogP contribution is 2.23. The van der Waals surface area contributed by atoms with Gasteiger partial charge < -0.3 is 15.4 Å². The Bertz CT molecular complexity index is 425. The molecule has 2 rings (SSSR count). The predicted molar refractivity (Wildman–Crippen MR) is 53.0 cm³/mol. The second-order valence-electron chi connectivity index (χ2n) is 3.21. The van der Waals surface area contributed by atoms with E-state index in [1.54, 1.807) is 0 Å². The minimum Gasteiger partial charge on any atom is -0.477 e. The van der Waals surface area contributed by atoms with Crippen molar-refractivity contribution in [2.24, 2.45) is 0 Å². The van der Waals surface area contributed by atoms with Gasteiger partial charge in [0.15, 0.2) is 4.77 Å². The van der Waals surface area contributed by atoms with Crippen LogP contribution < -0.4 is 5.32 Å². The van der Waals surface area contributed by atoms with Crippen molar-refractivity contribution in [3.05, 3.63) is 16.5 Å². The number of nitrogens with one attached hydrogen (secondary N) is 2. The Morgan fingerprint density at radius 2 is 2.43 bits per heavy atom. The third-order valence-electron chi connectivity index (χ3n) is 1.90. The molecule has 1 saturated carbocycles. The van der Waals surface area contributed by atoms with Gasteiger partial charge in [0, 0.05) is 12.1 Å². The lowest BCUT2D eigenvalue weighted by atomic mass is 10.4. The molecule has 0 unspecified atom stereocenters. The molecule has 1 heterocycles. The quantitative estimate of drug-likeness (QED) is 0.659. The molecule has 0 spiro atoms. The highest BCUT2D eigenvalue weighted by Gasteiger charge is 2.21. The molecule has 0 saturated heterocycles. The van der Waals surface area contributed by atoms with Crippen LogP contribution in [0.15, 0.2) is 6.07 Å². The summed E-state index contributed by atoms with van der Waals surface area (Å²) in [5.74, 6) is -0.494. The Kier molecular flexibility index (Phi) is 2.20. The maximum Gasteiger partial charge on any atom is 0.352 e. The zero-order valence-corrected chi connectivity index (χ0v) is 8.10. The summed E-state index contributed by atoms with van der Waals surface area (Å²) in [7, 11) is 0. The van der Waals surface area contributed by atoms with E-state index in [0.717, 1.165) is 12.8 Å². The molecule has 74 valence electrons. The van der Waals surface area contributed by atoms with Crippen LogP contribution in [0.1, 0.15) is 23.3 Å². The van der Waals surface area contributed by atoms with E-state index in [1.807, 2.05) is 0 Å². The van der Waals surface area contributed by atoms with Gasteiger partial charge in [-0.1, -0.05) is 0 Å². The summed E-state index contributed by atoms with van der Waals surface area (Å²) in [6, 6.07) is 1.89. The van der Waals surface area contributed by atoms with Crippen LogP contribution in [-0.2, 0) is 0 Å². The molecule has 5 nitrogen and oxygen atoms in total. The molecule has 1 aromatic heterocycles. The molecule has 0 radical (unpaired) electrons. The number of aromatic nitrogens is 2. The van der Waals surface area contributed by atoms with Gasteiger partial charge in [0.25, 0.3) is 0 Å². The molecule has 0 aromatic carbocycles. The summed E-state index contributed by atoms with van der Waals surface area (Å²) in [6.45, 7) is 0. The number of anilines is 1. The molecule has 0 amide bonds. The van der Waals surface area contributed by atoms with Crippen molar-refractivity contribution < 1.29 is 9.90 Å². The molecule has 3 N–H and O–H groups in total. The number of carboxylic acids is 1. The van der Waals surface area contributed by atoms with Crippen molar-refractivity contribution in [1.82, 2.24) is 9.97 Å². The predicted octanol–water partition coefficient (Wildman–Crippen LogP) is 1.41. The average molecular weight is 211 g/mol. The molecule has 0 atom stereocenters. The summed E-state index contributed by atoms with van der Waals surface area (Å²) in [5, 5.41) is 11.8. The lowest BCUT2D eigenvalue weighted by Crippen LogP contribution is -2.07. The number of aromatic amines is 1. The maximum absolute atomic E-state index is 10.7. The Morgan fingerprint density at radius 1 is 1.71 bits per heavy atom. The van der Waals surface area contributed by atoms with Gasteiger partial charge in [0.05, 0.1) is 0 Å². The van der Waals surface area contributed by atoms with Crippen LogP contribution in [0.25, 0.3) is 0 Å². The highest BCUT2D eigenvalue weighted by molar-refractivity contribution is 7.71. The fourth-order valence-electron chi connectivity index (χ4n) is 1.08. The minimum atomic E-state index is -1.03. The normalized spacial score (nSPS) is 15.1. The number of carboxylic acid groups (broad SMARTS) is 1. The Balaban J connectivity index is 2.30. The van der Waals surface area contributed by atoms with E-state index >= 15 is 0 Å². The SMILES string of the molecule is O=C(O)c1cc(NC2CC2)nc(=S)[nH]1. The van der Waals surface area contributed by atoms with Crippen LogP contribution in [0, 0.1) is 4.77 Å². The van der Waals surface area contributed by atoms with Crippen molar-refractivity contribution in [2.45, 2.75) is 18.9 Å². The van der Waals surface area contributed by atoms with E-state index in [9.17, 15) is 4.79 Å². The average Bonchev–Trinajstić information content (AvgIpc) is 2.87. The van der Waals surface area contributed by atoms with E-state index in [0.29, 0.717) is 11.9 Å². The summed E-state index contributed by atoms with van der Waals surface area (Å²) in [5.41, 5.74) is 0.0631. The molecular weight excluding hydrogens is 202 g/mol. The van der Waals surface area contributed by atoms with Gasteiger partial charge in [-0.2, -0.15) is 0 Å². The van der Waals surface area contributed by atoms with Crippen LogP contribution in [0.3, 0.4) is 0 Å². The number of hydrogen-bond acceptors (Lipinski definition) is 4. The molecule has 0 aliphatic heterocycles. The van der Waals surface area contributed by atoms with Crippen LogP contribution in [0.4, 0.5) is 5.82 Å². The first-order valence-corrected chi connectivity index (χ1v) is 4.67. The summed E-state index contributed by atoms with van der Waals surface area (Å²) < 4.78 is 0.188. The fourth-order valence-corrected chi connectivity index (χ4v) is 1.29. The van der Waals surface area contributed by atoms with Crippen molar-refractivity contribution in [1.29, 1.82) is 0 Å². The minimum absolute atomic E-state index is 0.0631. The third-order valence-corrected chi connectivity index (χ3v) is 2.10. The molecule has 1 aliphatic rings. The van der Waals surface area contributed by atoms with Gasteiger partial charge in [-0.3, -0.25) is 0 Å².